The van der Waals surface area contributed by atoms with Gasteiger partial charge in [-0.1, -0.05) is 47.3 Å². The summed E-state index contributed by atoms with van der Waals surface area (Å²) in [5.74, 6) is 3.13. The van der Waals surface area contributed by atoms with Gasteiger partial charge in [-0.15, -0.1) is 6.42 Å². The molecule has 0 amide bonds. The van der Waals surface area contributed by atoms with Crippen molar-refractivity contribution in [2.75, 3.05) is 6.61 Å². The normalized spacial score (nSPS) is 10.4. The van der Waals surface area contributed by atoms with Crippen molar-refractivity contribution >= 4 is 29.4 Å². The minimum Gasteiger partial charge on any atom is -0.481 e. The van der Waals surface area contributed by atoms with E-state index in [1.165, 1.54) is 0 Å². The zero-order valence-electron chi connectivity index (χ0n) is 11.7. The predicted molar refractivity (Wildman–Crippen MR) is 91.7 cm³/mol. The highest BCUT2D eigenvalue weighted by Gasteiger charge is 2.03. The molecule has 0 unspecified atom stereocenters. The Morgan fingerprint density at radius 3 is 2.64 bits per heavy atom. The van der Waals surface area contributed by atoms with E-state index in [0.717, 1.165) is 11.1 Å². The van der Waals surface area contributed by atoms with Crippen LogP contribution in [-0.4, -0.2) is 12.8 Å². The van der Waals surface area contributed by atoms with E-state index in [0.29, 0.717) is 22.3 Å². The quantitative estimate of drug-likeness (QED) is 0.490. The second kappa shape index (κ2) is 8.33. The molecule has 2 aromatic rings. The van der Waals surface area contributed by atoms with Crippen LogP contribution in [0.4, 0.5) is 0 Å². The molecule has 2 rings (SSSR count). The van der Waals surface area contributed by atoms with Crippen molar-refractivity contribution < 1.29 is 4.74 Å². The number of halogens is 2. The summed E-state index contributed by atoms with van der Waals surface area (Å²) >= 11 is 12.2. The van der Waals surface area contributed by atoms with Crippen LogP contribution in [0.15, 0.2) is 47.6 Å². The highest BCUT2D eigenvalue weighted by molar-refractivity contribution is 6.35. The van der Waals surface area contributed by atoms with Crippen molar-refractivity contribution in [2.45, 2.75) is 6.54 Å². The molecular formula is C17H14Cl2N2O. The van der Waals surface area contributed by atoms with Crippen LogP contribution in [0.25, 0.3) is 0 Å². The summed E-state index contributed by atoms with van der Waals surface area (Å²) < 4.78 is 5.35. The average molecular weight is 333 g/mol. The van der Waals surface area contributed by atoms with Gasteiger partial charge in [0.15, 0.2) is 0 Å². The van der Waals surface area contributed by atoms with E-state index in [4.69, 9.17) is 34.4 Å². The summed E-state index contributed by atoms with van der Waals surface area (Å²) in [5.41, 5.74) is 4.63. The molecule has 0 fully saturated rings. The fourth-order valence-corrected chi connectivity index (χ4v) is 2.29. The van der Waals surface area contributed by atoms with E-state index >= 15 is 0 Å². The third-order valence-corrected chi connectivity index (χ3v) is 3.51. The fraction of sp³-hybridized carbons (Fsp3) is 0.118. The molecule has 0 heterocycles. The Morgan fingerprint density at radius 1 is 1.18 bits per heavy atom. The Hall–Kier alpha value is -2.15. The van der Waals surface area contributed by atoms with E-state index in [9.17, 15) is 0 Å². The van der Waals surface area contributed by atoms with E-state index < -0.39 is 0 Å². The first-order valence-corrected chi connectivity index (χ1v) is 7.31. The summed E-state index contributed by atoms with van der Waals surface area (Å²) in [6.07, 6.45) is 6.85. The van der Waals surface area contributed by atoms with Gasteiger partial charge in [0.1, 0.15) is 12.4 Å². The molecule has 1 N–H and O–H groups in total. The number of hydrazone groups is 1. The van der Waals surface area contributed by atoms with Crippen LogP contribution in [0.3, 0.4) is 0 Å². The Balaban J connectivity index is 1.94. The van der Waals surface area contributed by atoms with Crippen molar-refractivity contribution in [1.29, 1.82) is 0 Å². The predicted octanol–water partition coefficient (Wildman–Crippen LogP) is 4.13. The van der Waals surface area contributed by atoms with Crippen LogP contribution < -0.4 is 10.2 Å². The topological polar surface area (TPSA) is 33.6 Å². The zero-order valence-corrected chi connectivity index (χ0v) is 13.2. The summed E-state index contributed by atoms with van der Waals surface area (Å²) in [6, 6.07) is 12.9. The monoisotopic (exact) mass is 332 g/mol. The first-order valence-electron chi connectivity index (χ1n) is 6.56. The number of hydrogen-bond acceptors (Lipinski definition) is 3. The van der Waals surface area contributed by atoms with Crippen molar-refractivity contribution in [2.24, 2.45) is 5.10 Å². The molecular weight excluding hydrogens is 319 g/mol. The van der Waals surface area contributed by atoms with Crippen LogP contribution in [0.5, 0.6) is 5.75 Å². The lowest BCUT2D eigenvalue weighted by atomic mass is 10.2. The standard InChI is InChI=1S/C17H14Cl2N2O/c1-2-9-22-14-6-3-5-13(10-14)11-20-21-12-15-16(18)7-4-8-17(15)19/h1,3-8,10-11,21H,9,12H2/b20-11-. The van der Waals surface area contributed by atoms with Crippen molar-refractivity contribution in [3.05, 3.63) is 63.6 Å². The number of nitrogens with zero attached hydrogens (tertiary/aromatic N) is 1. The summed E-state index contributed by atoms with van der Waals surface area (Å²) in [6.45, 7) is 0.687. The molecule has 0 aliphatic heterocycles. The van der Waals surface area contributed by atoms with Gasteiger partial charge in [0.05, 0.1) is 12.8 Å². The van der Waals surface area contributed by atoms with Crippen LogP contribution in [-0.2, 0) is 6.54 Å². The maximum atomic E-state index is 6.09. The summed E-state index contributed by atoms with van der Waals surface area (Å²) in [5, 5.41) is 5.37. The minimum absolute atomic E-state index is 0.240. The third-order valence-electron chi connectivity index (χ3n) is 2.80. The molecule has 0 aliphatic carbocycles. The molecule has 2 aromatic carbocycles. The maximum absolute atomic E-state index is 6.09. The second-order valence-electron chi connectivity index (χ2n) is 4.36. The first kappa shape index (κ1) is 16.2. The Labute approximate surface area is 139 Å². The first-order chi connectivity index (χ1) is 10.7. The molecule has 112 valence electrons. The van der Waals surface area contributed by atoms with Crippen LogP contribution in [0, 0.1) is 12.3 Å². The second-order valence-corrected chi connectivity index (χ2v) is 5.17. The van der Waals surface area contributed by atoms with Gasteiger partial charge in [0, 0.05) is 15.6 Å². The molecule has 3 nitrogen and oxygen atoms in total. The van der Waals surface area contributed by atoms with Crippen LogP contribution in [0.1, 0.15) is 11.1 Å². The number of hydrogen-bond donors (Lipinski definition) is 1. The van der Waals surface area contributed by atoms with Crippen molar-refractivity contribution in [3.63, 3.8) is 0 Å². The molecule has 5 heteroatoms. The van der Waals surface area contributed by atoms with Gasteiger partial charge in [-0.25, -0.2) is 0 Å². The van der Waals surface area contributed by atoms with Crippen LogP contribution >= 0.6 is 23.2 Å². The van der Waals surface area contributed by atoms with Gasteiger partial charge in [-0.2, -0.15) is 5.10 Å². The summed E-state index contributed by atoms with van der Waals surface area (Å²) in [4.78, 5) is 0. The Bertz CT molecular complexity index is 688. The molecule has 0 saturated carbocycles. The van der Waals surface area contributed by atoms with Crippen molar-refractivity contribution in [1.82, 2.24) is 5.43 Å². The van der Waals surface area contributed by atoms with Gasteiger partial charge in [0.2, 0.25) is 0 Å². The molecule has 22 heavy (non-hydrogen) atoms. The SMILES string of the molecule is C#CCOc1cccc(/C=N\NCc2c(Cl)cccc2Cl)c1. The lowest BCUT2D eigenvalue weighted by Gasteiger charge is -2.06. The van der Waals surface area contributed by atoms with Gasteiger partial charge in [-0.05, 0) is 29.8 Å². The number of terminal acetylenes is 1. The zero-order chi connectivity index (χ0) is 15.8. The highest BCUT2D eigenvalue weighted by Crippen LogP contribution is 2.23. The molecule has 0 aromatic heterocycles. The molecule has 0 atom stereocenters. The molecule has 0 aliphatic rings. The number of ether oxygens (including phenoxy) is 1. The number of benzene rings is 2. The lowest BCUT2D eigenvalue weighted by molar-refractivity contribution is 0.370. The average Bonchev–Trinajstić information content (AvgIpc) is 2.52. The van der Waals surface area contributed by atoms with E-state index in [1.54, 1.807) is 24.4 Å². The minimum atomic E-state index is 0.240. The number of nitrogens with one attached hydrogen (secondary N) is 1. The lowest BCUT2D eigenvalue weighted by Crippen LogP contribution is -2.06. The van der Waals surface area contributed by atoms with Crippen molar-refractivity contribution in [3.8, 4) is 18.1 Å². The summed E-state index contributed by atoms with van der Waals surface area (Å²) in [7, 11) is 0. The molecule has 0 saturated heterocycles. The van der Waals surface area contributed by atoms with E-state index in [-0.39, 0.29) is 6.61 Å². The largest absolute Gasteiger partial charge is 0.481 e. The van der Waals surface area contributed by atoms with E-state index in [1.807, 2.05) is 24.3 Å². The van der Waals surface area contributed by atoms with Crippen LogP contribution in [0.2, 0.25) is 10.0 Å². The van der Waals surface area contributed by atoms with Gasteiger partial charge in [-0.3, -0.25) is 0 Å². The highest BCUT2D eigenvalue weighted by atomic mass is 35.5. The number of rotatable bonds is 6. The van der Waals surface area contributed by atoms with Gasteiger partial charge in [0.25, 0.3) is 0 Å². The molecule has 0 radical (unpaired) electrons. The Morgan fingerprint density at radius 2 is 1.91 bits per heavy atom. The molecule has 0 spiro atoms. The Kier molecular flexibility index (Phi) is 6.14. The van der Waals surface area contributed by atoms with Gasteiger partial charge >= 0.3 is 0 Å². The third kappa shape index (κ3) is 4.70. The van der Waals surface area contributed by atoms with E-state index in [2.05, 4.69) is 16.4 Å². The van der Waals surface area contributed by atoms with Gasteiger partial charge < -0.3 is 10.2 Å². The fourth-order valence-electron chi connectivity index (χ4n) is 1.76. The molecule has 0 bridgehead atoms. The smallest absolute Gasteiger partial charge is 0.148 e. The maximum Gasteiger partial charge on any atom is 0.148 e.